The van der Waals surface area contributed by atoms with Crippen molar-refractivity contribution in [1.82, 2.24) is 4.98 Å². The molecule has 0 radical (unpaired) electrons. The predicted molar refractivity (Wildman–Crippen MR) is 68.5 cm³/mol. The lowest BCUT2D eigenvalue weighted by atomic mass is 9.94. The van der Waals surface area contributed by atoms with E-state index in [0.29, 0.717) is 0 Å². The maximum Gasteiger partial charge on any atom is 0.119 e. The van der Waals surface area contributed by atoms with Gasteiger partial charge < -0.3 is 15.6 Å². The predicted octanol–water partition coefficient (Wildman–Crippen LogP) is 2.18. The van der Waals surface area contributed by atoms with Gasteiger partial charge in [-0.25, -0.2) is 0 Å². The number of aromatic nitrogens is 1. The van der Waals surface area contributed by atoms with E-state index in [9.17, 15) is 0 Å². The maximum absolute atomic E-state index is 5.44. The van der Waals surface area contributed by atoms with E-state index in [1.165, 1.54) is 10.9 Å². The quantitative estimate of drug-likeness (QED) is 0.581. The third kappa shape index (κ3) is 1.48. The number of fused-ring (bicyclic) bond motifs is 3. The number of nitrogens with one attached hydrogen (secondary N) is 1. The minimum atomic E-state index is 0.885. The Kier molecular flexibility index (Phi) is 2.28. The summed E-state index contributed by atoms with van der Waals surface area (Å²) in [5, 5.41) is 5.10. The molecule has 0 bridgehead atoms. The zero-order valence-electron chi connectivity index (χ0n) is 9.79. The van der Waals surface area contributed by atoms with Gasteiger partial charge in [-0.3, -0.25) is 0 Å². The largest absolute Gasteiger partial charge is 0.497 e. The van der Waals surface area contributed by atoms with E-state index < -0.39 is 0 Å². The van der Waals surface area contributed by atoms with Crippen LogP contribution in [0, 0.1) is 0 Å². The highest BCUT2D eigenvalue weighted by molar-refractivity contribution is 6.06. The minimum Gasteiger partial charge on any atom is -0.497 e. The molecule has 1 aliphatic rings. The summed E-state index contributed by atoms with van der Waals surface area (Å²) in [6.07, 6.45) is 3.13. The van der Waals surface area contributed by atoms with Crippen LogP contribution >= 0.6 is 0 Å². The van der Waals surface area contributed by atoms with E-state index in [4.69, 9.17) is 10.6 Å². The molecule has 0 unspecified atom stereocenters. The van der Waals surface area contributed by atoms with Crippen LogP contribution in [0.4, 0.5) is 0 Å². The van der Waals surface area contributed by atoms with Crippen LogP contribution < -0.4 is 10.6 Å². The van der Waals surface area contributed by atoms with Gasteiger partial charge in [-0.1, -0.05) is 0 Å². The van der Waals surface area contributed by atoms with Gasteiger partial charge in [0.2, 0.25) is 0 Å². The highest BCUT2D eigenvalue weighted by Gasteiger charge is 2.20. The van der Waals surface area contributed by atoms with Gasteiger partial charge in [-0.05, 0) is 43.0 Å². The van der Waals surface area contributed by atoms with Crippen LogP contribution in [0.25, 0.3) is 10.9 Å². The molecule has 88 valence electrons. The van der Waals surface area contributed by atoms with Crippen LogP contribution in [0.2, 0.25) is 0 Å². The van der Waals surface area contributed by atoms with Gasteiger partial charge in [0, 0.05) is 10.9 Å². The van der Waals surface area contributed by atoms with Gasteiger partial charge >= 0.3 is 0 Å². The number of H-pyrrole nitrogens is 1. The molecule has 3 rings (SSSR count). The highest BCUT2D eigenvalue weighted by Crippen LogP contribution is 2.31. The van der Waals surface area contributed by atoms with Crippen molar-refractivity contribution in [3.8, 4) is 5.75 Å². The fourth-order valence-corrected chi connectivity index (χ4v) is 2.55. The van der Waals surface area contributed by atoms with Crippen molar-refractivity contribution >= 4 is 16.6 Å². The van der Waals surface area contributed by atoms with E-state index in [2.05, 4.69) is 16.2 Å². The summed E-state index contributed by atoms with van der Waals surface area (Å²) < 4.78 is 5.27. The van der Waals surface area contributed by atoms with Crippen molar-refractivity contribution in [2.75, 3.05) is 7.11 Å². The van der Waals surface area contributed by atoms with Crippen molar-refractivity contribution in [2.45, 2.75) is 19.3 Å². The number of aromatic amines is 1. The molecule has 0 amide bonds. The number of nitrogens with two attached hydrogens (primary N) is 1. The number of hydrogen-bond donors (Lipinski definition) is 2. The smallest absolute Gasteiger partial charge is 0.119 e. The second-order valence-corrected chi connectivity index (χ2v) is 4.32. The number of ether oxygens (including phenoxy) is 1. The maximum atomic E-state index is 5.44. The first-order chi connectivity index (χ1) is 8.33. The Bertz CT molecular complexity index is 598. The van der Waals surface area contributed by atoms with E-state index in [1.807, 2.05) is 12.1 Å². The molecule has 3 N–H and O–H groups in total. The average molecular weight is 229 g/mol. The molecule has 2 aromatic rings. The zero-order chi connectivity index (χ0) is 11.8. The van der Waals surface area contributed by atoms with Gasteiger partial charge in [0.15, 0.2) is 0 Å². The number of nitrogens with zero attached hydrogens (tertiary/aromatic N) is 1. The van der Waals surface area contributed by atoms with Crippen LogP contribution in [0.15, 0.2) is 23.3 Å². The zero-order valence-corrected chi connectivity index (χ0v) is 9.79. The monoisotopic (exact) mass is 229 g/mol. The third-order valence-electron chi connectivity index (χ3n) is 3.40. The summed E-state index contributed by atoms with van der Waals surface area (Å²) in [4.78, 5) is 3.40. The van der Waals surface area contributed by atoms with Crippen molar-refractivity contribution in [1.29, 1.82) is 0 Å². The molecule has 0 spiro atoms. The fourth-order valence-electron chi connectivity index (χ4n) is 2.55. The molecule has 0 saturated heterocycles. The van der Waals surface area contributed by atoms with Crippen LogP contribution in [0.3, 0.4) is 0 Å². The fraction of sp³-hybridized carbons (Fsp3) is 0.308. The molecule has 1 aliphatic carbocycles. The van der Waals surface area contributed by atoms with Gasteiger partial charge in [-0.15, -0.1) is 0 Å². The van der Waals surface area contributed by atoms with Gasteiger partial charge in [0.25, 0.3) is 0 Å². The standard InChI is InChI=1S/C13H15N3O/c1-17-8-5-6-11-10(7-8)9-3-2-4-12(16-14)13(9)15-11/h5-7,15H,2-4,14H2,1H3/b16-12-. The molecular weight excluding hydrogens is 214 g/mol. The second kappa shape index (κ2) is 3.80. The lowest BCUT2D eigenvalue weighted by Crippen LogP contribution is -2.12. The van der Waals surface area contributed by atoms with Crippen molar-refractivity contribution in [3.05, 3.63) is 29.5 Å². The molecule has 1 aromatic heterocycles. The Morgan fingerprint density at radius 2 is 2.24 bits per heavy atom. The second-order valence-electron chi connectivity index (χ2n) is 4.32. The molecule has 4 nitrogen and oxygen atoms in total. The number of benzene rings is 1. The number of methoxy groups -OCH3 is 1. The van der Waals surface area contributed by atoms with E-state index in [1.54, 1.807) is 7.11 Å². The van der Waals surface area contributed by atoms with E-state index >= 15 is 0 Å². The SMILES string of the molecule is COc1ccc2[nH]c3c(c2c1)CCC/C3=N/N. The molecule has 17 heavy (non-hydrogen) atoms. The number of hydrogen-bond acceptors (Lipinski definition) is 3. The summed E-state index contributed by atoms with van der Waals surface area (Å²) in [7, 11) is 1.69. The van der Waals surface area contributed by atoms with Gasteiger partial charge in [-0.2, -0.15) is 5.10 Å². The summed E-state index contributed by atoms with van der Waals surface area (Å²) >= 11 is 0. The van der Waals surface area contributed by atoms with Gasteiger partial charge in [0.05, 0.1) is 18.5 Å². The van der Waals surface area contributed by atoms with Crippen molar-refractivity contribution < 1.29 is 4.74 Å². The minimum absolute atomic E-state index is 0.885. The van der Waals surface area contributed by atoms with Crippen molar-refractivity contribution in [3.63, 3.8) is 0 Å². The first kappa shape index (κ1) is 10.2. The molecular formula is C13H15N3O. The number of aryl methyl sites for hydroxylation is 1. The Labute approximate surface area is 99.5 Å². The number of rotatable bonds is 1. The summed E-state index contributed by atoms with van der Waals surface area (Å²) in [5.74, 6) is 6.32. The lowest BCUT2D eigenvalue weighted by molar-refractivity contribution is 0.415. The summed E-state index contributed by atoms with van der Waals surface area (Å²) in [6.45, 7) is 0. The van der Waals surface area contributed by atoms with Crippen LogP contribution in [-0.4, -0.2) is 17.8 Å². The molecule has 1 aromatic carbocycles. The molecule has 0 saturated carbocycles. The normalized spacial score (nSPS) is 17.4. The van der Waals surface area contributed by atoms with Crippen LogP contribution in [0.1, 0.15) is 24.1 Å². The summed E-state index contributed by atoms with van der Waals surface area (Å²) in [6, 6.07) is 6.08. The average Bonchev–Trinajstić information content (AvgIpc) is 2.76. The first-order valence-electron chi connectivity index (χ1n) is 5.79. The Morgan fingerprint density at radius 1 is 1.35 bits per heavy atom. The Morgan fingerprint density at radius 3 is 3.00 bits per heavy atom. The Hall–Kier alpha value is -1.97. The molecule has 4 heteroatoms. The highest BCUT2D eigenvalue weighted by atomic mass is 16.5. The van der Waals surface area contributed by atoms with Crippen molar-refractivity contribution in [2.24, 2.45) is 10.9 Å². The molecule has 1 heterocycles. The molecule has 0 fully saturated rings. The lowest BCUT2D eigenvalue weighted by Gasteiger charge is -2.12. The van der Waals surface area contributed by atoms with E-state index in [0.717, 1.165) is 41.9 Å². The first-order valence-corrected chi connectivity index (χ1v) is 5.79. The Balaban J connectivity index is 2.27. The third-order valence-corrected chi connectivity index (χ3v) is 3.40. The molecule has 0 atom stereocenters. The molecule has 0 aliphatic heterocycles. The van der Waals surface area contributed by atoms with Crippen LogP contribution in [0.5, 0.6) is 5.75 Å². The van der Waals surface area contributed by atoms with E-state index in [-0.39, 0.29) is 0 Å². The van der Waals surface area contributed by atoms with Crippen LogP contribution in [-0.2, 0) is 6.42 Å². The van der Waals surface area contributed by atoms with Gasteiger partial charge in [0.1, 0.15) is 5.75 Å². The topological polar surface area (TPSA) is 63.4 Å². The summed E-state index contributed by atoms with van der Waals surface area (Å²) in [5.41, 5.74) is 4.51. The number of hydrazone groups is 1.